The molecule has 0 radical (unpaired) electrons. The lowest BCUT2D eigenvalue weighted by Gasteiger charge is -2.33. The van der Waals surface area contributed by atoms with Crippen LogP contribution in [0.3, 0.4) is 0 Å². The van der Waals surface area contributed by atoms with Crippen LogP contribution in [0.5, 0.6) is 0 Å². The van der Waals surface area contributed by atoms with Gasteiger partial charge >= 0.3 is 0 Å². The quantitative estimate of drug-likeness (QED) is 0.741. The van der Waals surface area contributed by atoms with Crippen LogP contribution in [-0.2, 0) is 11.3 Å². The van der Waals surface area contributed by atoms with Crippen molar-refractivity contribution < 1.29 is 4.74 Å². The van der Waals surface area contributed by atoms with Gasteiger partial charge in [-0.1, -0.05) is 6.42 Å². The van der Waals surface area contributed by atoms with Gasteiger partial charge in [-0.05, 0) is 32.7 Å². The van der Waals surface area contributed by atoms with Crippen molar-refractivity contribution in [3.05, 3.63) is 12.4 Å². The van der Waals surface area contributed by atoms with E-state index in [1.54, 1.807) is 7.11 Å². The van der Waals surface area contributed by atoms with Gasteiger partial charge in [0.1, 0.15) is 0 Å². The molecule has 1 saturated heterocycles. The highest BCUT2D eigenvalue weighted by atomic mass is 16.5. The second-order valence-corrected chi connectivity index (χ2v) is 5.60. The van der Waals surface area contributed by atoms with Crippen molar-refractivity contribution in [2.75, 3.05) is 38.7 Å². The maximum absolute atomic E-state index is 5.05. The number of imidazole rings is 1. The summed E-state index contributed by atoms with van der Waals surface area (Å²) in [6, 6.07) is 0.755. The van der Waals surface area contributed by atoms with Crippen molar-refractivity contribution in [2.45, 2.75) is 45.2 Å². The Bertz CT molecular complexity index is 380. The first-order valence-electron chi connectivity index (χ1n) is 7.79. The molecule has 0 bridgehead atoms. The molecular formula is C15H28N4O. The van der Waals surface area contributed by atoms with E-state index in [1.165, 1.54) is 38.8 Å². The molecule has 1 unspecified atom stereocenters. The van der Waals surface area contributed by atoms with E-state index in [0.29, 0.717) is 6.61 Å². The molecule has 1 aliphatic rings. The zero-order chi connectivity index (χ0) is 14.2. The van der Waals surface area contributed by atoms with Crippen molar-refractivity contribution in [1.29, 1.82) is 0 Å². The predicted molar refractivity (Wildman–Crippen MR) is 82.1 cm³/mol. The average Bonchev–Trinajstić information content (AvgIpc) is 2.89. The molecule has 1 fully saturated rings. The van der Waals surface area contributed by atoms with Gasteiger partial charge in [0.15, 0.2) is 0 Å². The van der Waals surface area contributed by atoms with Crippen LogP contribution in [0.25, 0.3) is 0 Å². The summed E-state index contributed by atoms with van der Waals surface area (Å²) in [5.41, 5.74) is 0. The Morgan fingerprint density at radius 1 is 1.40 bits per heavy atom. The van der Waals surface area contributed by atoms with Crippen molar-refractivity contribution in [2.24, 2.45) is 0 Å². The number of anilines is 1. The van der Waals surface area contributed by atoms with Crippen LogP contribution < -0.4 is 5.32 Å². The molecule has 2 heterocycles. The molecule has 1 aromatic heterocycles. The molecule has 0 spiro atoms. The second kappa shape index (κ2) is 8.27. The van der Waals surface area contributed by atoms with Crippen LogP contribution in [0.15, 0.2) is 12.4 Å². The van der Waals surface area contributed by atoms with Crippen LogP contribution >= 0.6 is 0 Å². The van der Waals surface area contributed by atoms with E-state index in [0.717, 1.165) is 25.1 Å². The highest BCUT2D eigenvalue weighted by Crippen LogP contribution is 2.16. The summed E-state index contributed by atoms with van der Waals surface area (Å²) in [7, 11) is 1.72. The average molecular weight is 280 g/mol. The fourth-order valence-corrected chi connectivity index (χ4v) is 2.86. The molecule has 1 N–H and O–H groups in total. The van der Waals surface area contributed by atoms with Gasteiger partial charge in [0.05, 0.1) is 6.61 Å². The first kappa shape index (κ1) is 15.3. The fourth-order valence-electron chi connectivity index (χ4n) is 2.86. The van der Waals surface area contributed by atoms with E-state index in [2.05, 4.69) is 32.9 Å². The predicted octanol–water partition coefficient (Wildman–Crippen LogP) is 2.21. The standard InChI is InChI=1S/C15H28N4O/c1-14-6-3-4-9-18(14)10-5-11-19-12-7-16-15(19)17-8-13-20-2/h7,12,14H,3-6,8-11,13H2,1-2H3,(H,16,17). The molecule has 5 heteroatoms. The van der Waals surface area contributed by atoms with Gasteiger partial charge in [0.2, 0.25) is 5.95 Å². The number of likely N-dealkylation sites (tertiary alicyclic amines) is 1. The van der Waals surface area contributed by atoms with Crippen molar-refractivity contribution in [1.82, 2.24) is 14.5 Å². The molecule has 114 valence electrons. The summed E-state index contributed by atoms with van der Waals surface area (Å²) in [4.78, 5) is 6.97. The van der Waals surface area contributed by atoms with Crippen molar-refractivity contribution in [3.63, 3.8) is 0 Å². The third-order valence-corrected chi connectivity index (χ3v) is 4.09. The number of ether oxygens (including phenoxy) is 1. The minimum absolute atomic E-state index is 0.707. The number of hydrogen-bond acceptors (Lipinski definition) is 4. The first-order chi connectivity index (χ1) is 9.81. The number of rotatable bonds is 8. The normalized spacial score (nSPS) is 20.2. The molecule has 0 saturated carbocycles. The SMILES string of the molecule is COCCNc1nccn1CCCN1CCCCC1C. The van der Waals surface area contributed by atoms with Gasteiger partial charge in [-0.3, -0.25) is 0 Å². The number of hydrogen-bond donors (Lipinski definition) is 1. The van der Waals surface area contributed by atoms with E-state index in [4.69, 9.17) is 4.74 Å². The highest BCUT2D eigenvalue weighted by Gasteiger charge is 2.17. The molecule has 1 aromatic rings. The Morgan fingerprint density at radius 3 is 3.10 bits per heavy atom. The molecule has 0 aromatic carbocycles. The number of nitrogens with one attached hydrogen (secondary N) is 1. The molecule has 0 aliphatic carbocycles. The molecule has 20 heavy (non-hydrogen) atoms. The maximum Gasteiger partial charge on any atom is 0.202 e. The summed E-state index contributed by atoms with van der Waals surface area (Å²) in [6.45, 7) is 7.35. The molecular weight excluding hydrogens is 252 g/mol. The second-order valence-electron chi connectivity index (χ2n) is 5.60. The van der Waals surface area contributed by atoms with Crippen molar-refractivity contribution >= 4 is 5.95 Å². The summed E-state index contributed by atoms with van der Waals surface area (Å²) in [5.74, 6) is 0.953. The monoisotopic (exact) mass is 280 g/mol. The number of piperidine rings is 1. The summed E-state index contributed by atoms with van der Waals surface area (Å²) in [5, 5.41) is 3.30. The minimum Gasteiger partial charge on any atom is -0.383 e. The summed E-state index contributed by atoms with van der Waals surface area (Å²) < 4.78 is 7.24. The lowest BCUT2D eigenvalue weighted by atomic mass is 10.0. The molecule has 1 atom stereocenters. The Kier molecular flexibility index (Phi) is 6.33. The van der Waals surface area contributed by atoms with Crippen LogP contribution in [0.1, 0.15) is 32.6 Å². The Labute approximate surface area is 122 Å². The molecule has 5 nitrogen and oxygen atoms in total. The number of aromatic nitrogens is 2. The summed E-state index contributed by atoms with van der Waals surface area (Å²) in [6.07, 6.45) is 9.20. The van der Waals surface area contributed by atoms with Crippen LogP contribution in [0.2, 0.25) is 0 Å². The van der Waals surface area contributed by atoms with E-state index in [1.807, 2.05) is 6.20 Å². The largest absolute Gasteiger partial charge is 0.383 e. The van der Waals surface area contributed by atoms with Crippen LogP contribution in [-0.4, -0.2) is 53.8 Å². The fraction of sp³-hybridized carbons (Fsp3) is 0.800. The van der Waals surface area contributed by atoms with Gasteiger partial charge in [0, 0.05) is 45.2 Å². The zero-order valence-corrected chi connectivity index (χ0v) is 12.8. The smallest absolute Gasteiger partial charge is 0.202 e. The van der Waals surface area contributed by atoms with Crippen molar-refractivity contribution in [3.8, 4) is 0 Å². The van der Waals surface area contributed by atoms with Gasteiger partial charge in [-0.15, -0.1) is 0 Å². The third kappa shape index (κ3) is 4.49. The molecule has 2 rings (SSSR count). The topological polar surface area (TPSA) is 42.3 Å². The number of methoxy groups -OCH3 is 1. The molecule has 1 aliphatic heterocycles. The van der Waals surface area contributed by atoms with Crippen LogP contribution in [0, 0.1) is 0 Å². The number of aryl methyl sites for hydroxylation is 1. The van der Waals surface area contributed by atoms with Gasteiger partial charge < -0.3 is 19.5 Å². The molecule has 0 amide bonds. The Balaban J connectivity index is 1.72. The first-order valence-corrected chi connectivity index (χ1v) is 7.79. The van der Waals surface area contributed by atoms with E-state index < -0.39 is 0 Å². The Hall–Kier alpha value is -1.07. The van der Waals surface area contributed by atoms with E-state index in [-0.39, 0.29) is 0 Å². The summed E-state index contributed by atoms with van der Waals surface area (Å²) >= 11 is 0. The maximum atomic E-state index is 5.05. The Morgan fingerprint density at radius 2 is 2.30 bits per heavy atom. The van der Waals surface area contributed by atoms with E-state index >= 15 is 0 Å². The minimum atomic E-state index is 0.707. The zero-order valence-electron chi connectivity index (χ0n) is 12.8. The number of nitrogens with zero attached hydrogens (tertiary/aromatic N) is 3. The lowest BCUT2D eigenvalue weighted by molar-refractivity contribution is 0.157. The van der Waals surface area contributed by atoms with Gasteiger partial charge in [-0.25, -0.2) is 4.98 Å². The van der Waals surface area contributed by atoms with Gasteiger partial charge in [-0.2, -0.15) is 0 Å². The lowest BCUT2D eigenvalue weighted by Crippen LogP contribution is -2.38. The third-order valence-electron chi connectivity index (χ3n) is 4.09. The van der Waals surface area contributed by atoms with Crippen LogP contribution in [0.4, 0.5) is 5.95 Å². The van der Waals surface area contributed by atoms with E-state index in [9.17, 15) is 0 Å². The highest BCUT2D eigenvalue weighted by molar-refractivity contribution is 5.25. The van der Waals surface area contributed by atoms with Gasteiger partial charge in [0.25, 0.3) is 0 Å².